The number of methoxy groups -OCH3 is 1. The molecule has 2 heterocycles. The molecule has 1 aliphatic carbocycles. The number of carbonyl (C=O) groups is 1. The Morgan fingerprint density at radius 3 is 2.70 bits per heavy atom. The van der Waals surface area contributed by atoms with Crippen molar-refractivity contribution >= 4 is 22.6 Å². The first kappa shape index (κ1) is 17.8. The smallest absolute Gasteiger partial charge is 0.345 e. The Morgan fingerprint density at radius 2 is 2.11 bits per heavy atom. The van der Waals surface area contributed by atoms with E-state index in [1.165, 1.54) is 13.2 Å². The van der Waals surface area contributed by atoms with Gasteiger partial charge in [0.05, 0.1) is 18.3 Å². The van der Waals surface area contributed by atoms with E-state index in [4.69, 9.17) is 4.74 Å². The molecule has 0 spiro atoms. The number of anilines is 1. The molecule has 1 aliphatic heterocycles. The van der Waals surface area contributed by atoms with Gasteiger partial charge >= 0.3 is 5.97 Å². The summed E-state index contributed by atoms with van der Waals surface area (Å²) < 4.78 is 22.0. The van der Waals surface area contributed by atoms with Gasteiger partial charge in [-0.2, -0.15) is 0 Å². The van der Waals surface area contributed by atoms with Crippen LogP contribution in [0.15, 0.2) is 16.9 Å². The number of rotatable bonds is 4. The summed E-state index contributed by atoms with van der Waals surface area (Å²) >= 11 is 0. The van der Waals surface area contributed by atoms with Crippen LogP contribution in [0, 0.1) is 5.82 Å². The second-order valence-corrected chi connectivity index (χ2v) is 7.24. The van der Waals surface area contributed by atoms with Crippen LogP contribution in [0.25, 0.3) is 10.9 Å². The van der Waals surface area contributed by atoms with E-state index in [0.29, 0.717) is 24.3 Å². The molecule has 2 aliphatic rings. The summed E-state index contributed by atoms with van der Waals surface area (Å²) in [6.07, 6.45) is 1.73. The number of hydrogen-bond acceptors (Lipinski definition) is 5. The van der Waals surface area contributed by atoms with Gasteiger partial charge in [-0.25, -0.2) is 9.18 Å². The molecule has 2 aromatic rings. The van der Waals surface area contributed by atoms with Gasteiger partial charge in [-0.15, -0.1) is 0 Å². The van der Waals surface area contributed by atoms with Gasteiger partial charge < -0.3 is 24.6 Å². The lowest BCUT2D eigenvalue weighted by Gasteiger charge is -2.34. The number of aromatic nitrogens is 1. The van der Waals surface area contributed by atoms with Crippen molar-refractivity contribution < 1.29 is 19.0 Å². The number of fused-ring (bicyclic) bond motifs is 1. The normalized spacial score (nSPS) is 20.1. The number of piperazine rings is 1. The number of aromatic carboxylic acids is 1. The molecule has 0 radical (unpaired) electrons. The minimum atomic E-state index is -1.37. The number of halogens is 1. The molecule has 27 heavy (non-hydrogen) atoms. The van der Waals surface area contributed by atoms with Crippen molar-refractivity contribution in [1.29, 1.82) is 0 Å². The lowest BCUT2D eigenvalue weighted by molar-refractivity contribution is 0.0690. The highest BCUT2D eigenvalue weighted by atomic mass is 19.1. The Balaban J connectivity index is 2.00. The molecular formula is C19H22FN3O4. The van der Waals surface area contributed by atoms with E-state index < -0.39 is 22.8 Å². The van der Waals surface area contributed by atoms with E-state index in [1.54, 1.807) is 10.6 Å². The number of benzene rings is 1. The Labute approximate surface area is 155 Å². The minimum Gasteiger partial charge on any atom is -0.481 e. The zero-order valence-corrected chi connectivity index (χ0v) is 15.3. The van der Waals surface area contributed by atoms with Crippen LogP contribution in [0.1, 0.15) is 36.2 Å². The maximum atomic E-state index is 14.9. The molecule has 8 heteroatoms. The summed E-state index contributed by atoms with van der Waals surface area (Å²) in [5.41, 5.74) is -0.216. The van der Waals surface area contributed by atoms with Crippen LogP contribution >= 0.6 is 0 Å². The second-order valence-electron chi connectivity index (χ2n) is 7.24. The molecule has 2 fully saturated rings. The fourth-order valence-electron chi connectivity index (χ4n) is 3.87. The van der Waals surface area contributed by atoms with E-state index in [0.717, 1.165) is 19.4 Å². The number of pyridine rings is 1. The van der Waals surface area contributed by atoms with Crippen LogP contribution in [-0.4, -0.2) is 48.4 Å². The first-order chi connectivity index (χ1) is 12.9. The van der Waals surface area contributed by atoms with Crippen LogP contribution < -0.4 is 20.4 Å². The van der Waals surface area contributed by atoms with Crippen molar-refractivity contribution in [1.82, 2.24) is 9.88 Å². The molecule has 1 atom stereocenters. The maximum absolute atomic E-state index is 14.9. The van der Waals surface area contributed by atoms with Crippen molar-refractivity contribution in [3.63, 3.8) is 0 Å². The predicted octanol–water partition coefficient (Wildman–Crippen LogP) is 1.98. The topological polar surface area (TPSA) is 83.8 Å². The Hall–Kier alpha value is -2.61. The summed E-state index contributed by atoms with van der Waals surface area (Å²) in [4.78, 5) is 26.4. The molecule has 1 aromatic carbocycles. The highest BCUT2D eigenvalue weighted by Crippen LogP contribution is 2.42. The van der Waals surface area contributed by atoms with Gasteiger partial charge in [-0.05, 0) is 31.9 Å². The zero-order chi connectivity index (χ0) is 19.3. The predicted molar refractivity (Wildman–Crippen MR) is 99.6 cm³/mol. The fraction of sp³-hybridized carbons (Fsp3) is 0.474. The van der Waals surface area contributed by atoms with Gasteiger partial charge in [0, 0.05) is 37.1 Å². The van der Waals surface area contributed by atoms with Crippen LogP contribution in [0.2, 0.25) is 0 Å². The number of nitrogens with zero attached hydrogens (tertiary/aromatic N) is 2. The highest BCUT2D eigenvalue weighted by molar-refractivity contribution is 5.96. The standard InChI is InChI=1S/C19H22FN3O4/c1-10-9-22(6-5-21-10)15-8-14-12(7-13(15)20)17(24)16(19(25)26)18(27-2)23(14)11-3-4-11/h7-8,10-11,21H,3-6,9H2,1-2H3,(H,25,26). The van der Waals surface area contributed by atoms with E-state index >= 15 is 0 Å². The van der Waals surface area contributed by atoms with Crippen LogP contribution in [-0.2, 0) is 0 Å². The first-order valence-corrected chi connectivity index (χ1v) is 9.09. The molecule has 7 nitrogen and oxygen atoms in total. The molecule has 1 saturated carbocycles. The Morgan fingerprint density at radius 1 is 1.37 bits per heavy atom. The van der Waals surface area contributed by atoms with Gasteiger partial charge in [-0.3, -0.25) is 4.79 Å². The molecular weight excluding hydrogens is 353 g/mol. The average molecular weight is 375 g/mol. The minimum absolute atomic E-state index is 0.0359. The molecule has 1 aromatic heterocycles. The third-order valence-electron chi connectivity index (χ3n) is 5.26. The largest absolute Gasteiger partial charge is 0.481 e. The number of nitrogens with one attached hydrogen (secondary N) is 1. The summed E-state index contributed by atoms with van der Waals surface area (Å²) in [7, 11) is 1.36. The molecule has 4 rings (SSSR count). The molecule has 144 valence electrons. The van der Waals surface area contributed by atoms with Gasteiger partial charge in [-0.1, -0.05) is 0 Å². The van der Waals surface area contributed by atoms with E-state index in [1.807, 2.05) is 11.8 Å². The molecule has 0 amide bonds. The maximum Gasteiger partial charge on any atom is 0.345 e. The van der Waals surface area contributed by atoms with Gasteiger partial charge in [0.1, 0.15) is 5.82 Å². The van der Waals surface area contributed by atoms with Crippen molar-refractivity contribution in [2.75, 3.05) is 31.6 Å². The summed E-state index contributed by atoms with van der Waals surface area (Å²) in [6.45, 7) is 4.09. The highest BCUT2D eigenvalue weighted by Gasteiger charge is 2.33. The lowest BCUT2D eigenvalue weighted by atomic mass is 10.1. The van der Waals surface area contributed by atoms with Crippen LogP contribution in [0.3, 0.4) is 0 Å². The summed E-state index contributed by atoms with van der Waals surface area (Å²) in [5.74, 6) is -1.85. The molecule has 2 N–H and O–H groups in total. The Kier molecular flexibility index (Phi) is 4.30. The number of carboxylic acid groups (broad SMARTS) is 1. The van der Waals surface area contributed by atoms with Crippen molar-refractivity contribution in [3.8, 4) is 5.88 Å². The third-order valence-corrected chi connectivity index (χ3v) is 5.26. The van der Waals surface area contributed by atoms with Crippen molar-refractivity contribution in [2.24, 2.45) is 0 Å². The molecule has 1 saturated heterocycles. The van der Waals surface area contributed by atoms with Crippen molar-refractivity contribution in [3.05, 3.63) is 33.7 Å². The molecule has 0 bridgehead atoms. The zero-order valence-electron chi connectivity index (χ0n) is 15.3. The fourth-order valence-corrected chi connectivity index (χ4v) is 3.87. The van der Waals surface area contributed by atoms with E-state index in [9.17, 15) is 19.1 Å². The summed E-state index contributed by atoms with van der Waals surface area (Å²) in [5, 5.41) is 12.9. The third kappa shape index (κ3) is 2.93. The SMILES string of the molecule is COc1c(C(=O)O)c(=O)c2cc(F)c(N3CCNC(C)C3)cc2n1C1CC1. The number of ether oxygens (including phenoxy) is 1. The molecule has 1 unspecified atom stereocenters. The number of carboxylic acids is 1. The van der Waals surface area contributed by atoms with Crippen LogP contribution in [0.4, 0.5) is 10.1 Å². The van der Waals surface area contributed by atoms with Gasteiger partial charge in [0.2, 0.25) is 11.3 Å². The van der Waals surface area contributed by atoms with Crippen molar-refractivity contribution in [2.45, 2.75) is 31.8 Å². The van der Waals surface area contributed by atoms with Gasteiger partial charge in [0.15, 0.2) is 5.56 Å². The summed E-state index contributed by atoms with van der Waals surface area (Å²) in [6, 6.07) is 3.12. The van der Waals surface area contributed by atoms with Gasteiger partial charge in [0.25, 0.3) is 0 Å². The van der Waals surface area contributed by atoms with Crippen LogP contribution in [0.5, 0.6) is 5.88 Å². The Bertz CT molecular complexity index is 983. The number of hydrogen-bond donors (Lipinski definition) is 2. The first-order valence-electron chi connectivity index (χ1n) is 9.09. The second kappa shape index (κ2) is 6.53. The van der Waals surface area contributed by atoms with E-state index in [2.05, 4.69) is 5.32 Å². The lowest BCUT2D eigenvalue weighted by Crippen LogP contribution is -2.49. The monoisotopic (exact) mass is 375 g/mol. The quantitative estimate of drug-likeness (QED) is 0.850. The average Bonchev–Trinajstić information content (AvgIpc) is 3.45. The van der Waals surface area contributed by atoms with E-state index in [-0.39, 0.29) is 23.3 Å².